The normalized spacial score (nSPS) is 11.1. The third-order valence-corrected chi connectivity index (χ3v) is 5.39. The highest BCUT2D eigenvalue weighted by molar-refractivity contribution is 7.89. The third-order valence-electron chi connectivity index (χ3n) is 4.36. The highest BCUT2D eigenvalue weighted by Crippen LogP contribution is 2.26. The first-order valence-electron chi connectivity index (χ1n) is 8.72. The van der Waals surface area contributed by atoms with Gasteiger partial charge in [-0.05, 0) is 55.3 Å². The molecule has 8 heteroatoms. The SMILES string of the molecule is Cc1cc(C(=O)OCc2ccccc2Oc2cccnc2)cc(S(N)(=O)=O)c1C. The number of ether oxygens (including phenoxy) is 2. The maximum atomic E-state index is 12.5. The maximum absolute atomic E-state index is 12.5. The largest absolute Gasteiger partial charge is 0.457 e. The summed E-state index contributed by atoms with van der Waals surface area (Å²) in [7, 11) is -3.95. The van der Waals surface area contributed by atoms with Crippen molar-refractivity contribution >= 4 is 16.0 Å². The van der Waals surface area contributed by atoms with Gasteiger partial charge in [-0.15, -0.1) is 0 Å². The molecule has 150 valence electrons. The van der Waals surface area contributed by atoms with E-state index in [1.165, 1.54) is 6.07 Å². The van der Waals surface area contributed by atoms with Crippen molar-refractivity contribution in [2.24, 2.45) is 5.14 Å². The molecular formula is C21H20N2O5S. The van der Waals surface area contributed by atoms with Crippen LogP contribution in [0.3, 0.4) is 0 Å². The number of benzene rings is 2. The number of primary sulfonamides is 1. The number of para-hydroxylation sites is 1. The quantitative estimate of drug-likeness (QED) is 0.621. The monoisotopic (exact) mass is 412 g/mol. The van der Waals surface area contributed by atoms with E-state index in [4.69, 9.17) is 14.6 Å². The van der Waals surface area contributed by atoms with Gasteiger partial charge in [0.1, 0.15) is 18.1 Å². The van der Waals surface area contributed by atoms with Gasteiger partial charge in [-0.1, -0.05) is 18.2 Å². The van der Waals surface area contributed by atoms with Gasteiger partial charge in [-0.3, -0.25) is 4.98 Å². The van der Waals surface area contributed by atoms with Crippen LogP contribution in [0.1, 0.15) is 27.0 Å². The second-order valence-corrected chi connectivity index (χ2v) is 7.97. The zero-order chi connectivity index (χ0) is 21.0. The van der Waals surface area contributed by atoms with Crippen LogP contribution >= 0.6 is 0 Å². The van der Waals surface area contributed by atoms with E-state index in [0.29, 0.717) is 28.2 Å². The van der Waals surface area contributed by atoms with E-state index in [9.17, 15) is 13.2 Å². The lowest BCUT2D eigenvalue weighted by Crippen LogP contribution is -2.16. The molecule has 0 aliphatic carbocycles. The van der Waals surface area contributed by atoms with Crippen molar-refractivity contribution in [3.05, 3.63) is 83.2 Å². The number of esters is 1. The number of aromatic nitrogens is 1. The molecule has 2 N–H and O–H groups in total. The van der Waals surface area contributed by atoms with Gasteiger partial charge in [0.05, 0.1) is 16.7 Å². The molecule has 7 nitrogen and oxygen atoms in total. The Morgan fingerprint density at radius 2 is 1.86 bits per heavy atom. The van der Waals surface area contributed by atoms with E-state index in [2.05, 4.69) is 4.98 Å². The molecule has 3 aromatic rings. The number of hydrogen-bond donors (Lipinski definition) is 1. The lowest BCUT2D eigenvalue weighted by molar-refractivity contribution is 0.0470. The predicted molar refractivity (Wildman–Crippen MR) is 107 cm³/mol. The maximum Gasteiger partial charge on any atom is 0.338 e. The van der Waals surface area contributed by atoms with Crippen molar-refractivity contribution in [3.8, 4) is 11.5 Å². The molecule has 29 heavy (non-hydrogen) atoms. The molecule has 3 rings (SSSR count). The highest BCUT2D eigenvalue weighted by atomic mass is 32.2. The standard InChI is InChI=1S/C21H20N2O5S/c1-14-10-17(11-20(15(14)2)29(22,25)26)21(24)27-13-16-6-3-4-8-19(16)28-18-7-5-9-23-12-18/h3-12H,13H2,1-2H3,(H2,22,25,26). The molecule has 0 radical (unpaired) electrons. The molecule has 1 heterocycles. The van der Waals surface area contributed by atoms with Crippen molar-refractivity contribution in [1.29, 1.82) is 0 Å². The molecular weight excluding hydrogens is 392 g/mol. The number of rotatable bonds is 6. The fourth-order valence-electron chi connectivity index (χ4n) is 2.72. The zero-order valence-electron chi connectivity index (χ0n) is 16.0. The van der Waals surface area contributed by atoms with Gasteiger partial charge in [0.2, 0.25) is 10.0 Å². The topological polar surface area (TPSA) is 109 Å². The van der Waals surface area contributed by atoms with Crippen LogP contribution in [0.15, 0.2) is 65.8 Å². The molecule has 0 amide bonds. The molecule has 0 fully saturated rings. The first kappa shape index (κ1) is 20.5. The second kappa shape index (κ2) is 8.42. The van der Waals surface area contributed by atoms with Crippen molar-refractivity contribution in [2.75, 3.05) is 0 Å². The van der Waals surface area contributed by atoms with Crippen LogP contribution in [0, 0.1) is 13.8 Å². The Bertz CT molecular complexity index is 1140. The Kier molecular flexibility index (Phi) is 5.95. The molecule has 2 aromatic carbocycles. The van der Waals surface area contributed by atoms with Gasteiger partial charge in [-0.2, -0.15) is 0 Å². The Balaban J connectivity index is 1.79. The Morgan fingerprint density at radius 3 is 2.55 bits per heavy atom. The lowest BCUT2D eigenvalue weighted by Gasteiger charge is -2.13. The summed E-state index contributed by atoms with van der Waals surface area (Å²) < 4.78 is 34.7. The summed E-state index contributed by atoms with van der Waals surface area (Å²) in [5.41, 5.74) is 1.89. The van der Waals surface area contributed by atoms with Gasteiger partial charge in [-0.25, -0.2) is 18.4 Å². The Hall–Kier alpha value is -3.23. The van der Waals surface area contributed by atoms with Crippen LogP contribution in [0.2, 0.25) is 0 Å². The van der Waals surface area contributed by atoms with Crippen molar-refractivity contribution in [2.45, 2.75) is 25.3 Å². The smallest absolute Gasteiger partial charge is 0.338 e. The van der Waals surface area contributed by atoms with E-state index in [0.717, 1.165) is 0 Å². The van der Waals surface area contributed by atoms with E-state index in [1.807, 2.05) is 0 Å². The molecule has 0 saturated heterocycles. The van der Waals surface area contributed by atoms with Crippen LogP contribution in [0.25, 0.3) is 0 Å². The number of carbonyl (C=O) groups is 1. The van der Waals surface area contributed by atoms with E-state index in [1.54, 1.807) is 68.7 Å². The van der Waals surface area contributed by atoms with Gasteiger partial charge in [0.25, 0.3) is 0 Å². The summed E-state index contributed by atoms with van der Waals surface area (Å²) >= 11 is 0. The van der Waals surface area contributed by atoms with Crippen LogP contribution in [0.5, 0.6) is 11.5 Å². The summed E-state index contributed by atoms with van der Waals surface area (Å²) in [6.07, 6.45) is 3.21. The number of sulfonamides is 1. The Labute approximate surface area is 169 Å². The average molecular weight is 412 g/mol. The first-order valence-corrected chi connectivity index (χ1v) is 10.3. The average Bonchev–Trinajstić information content (AvgIpc) is 2.69. The van der Waals surface area contributed by atoms with E-state index >= 15 is 0 Å². The predicted octanol–water partition coefficient (Wildman–Crippen LogP) is 3.50. The summed E-state index contributed by atoms with van der Waals surface area (Å²) in [6.45, 7) is 3.29. The lowest BCUT2D eigenvalue weighted by atomic mass is 10.1. The number of carbonyl (C=O) groups excluding carboxylic acids is 1. The molecule has 0 atom stereocenters. The summed E-state index contributed by atoms with van der Waals surface area (Å²) in [4.78, 5) is 16.4. The molecule has 1 aromatic heterocycles. The van der Waals surface area contributed by atoms with Gasteiger partial charge in [0.15, 0.2) is 0 Å². The van der Waals surface area contributed by atoms with Crippen LogP contribution in [0.4, 0.5) is 0 Å². The van der Waals surface area contributed by atoms with Crippen molar-refractivity contribution in [1.82, 2.24) is 4.98 Å². The highest BCUT2D eigenvalue weighted by Gasteiger charge is 2.18. The number of aryl methyl sites for hydroxylation is 1. The van der Waals surface area contributed by atoms with Gasteiger partial charge < -0.3 is 9.47 Å². The summed E-state index contributed by atoms with van der Waals surface area (Å²) in [6, 6.07) is 13.5. The zero-order valence-corrected chi connectivity index (χ0v) is 16.8. The number of pyridine rings is 1. The van der Waals surface area contributed by atoms with Crippen LogP contribution in [-0.4, -0.2) is 19.4 Å². The third kappa shape index (κ3) is 4.98. The van der Waals surface area contributed by atoms with Gasteiger partial charge in [0, 0.05) is 11.8 Å². The minimum absolute atomic E-state index is 0.0487. The minimum Gasteiger partial charge on any atom is -0.457 e. The van der Waals surface area contributed by atoms with E-state index < -0.39 is 16.0 Å². The molecule has 0 bridgehead atoms. The fourth-order valence-corrected chi connectivity index (χ4v) is 3.60. The second-order valence-electron chi connectivity index (χ2n) is 6.44. The first-order chi connectivity index (χ1) is 13.8. The minimum atomic E-state index is -3.95. The van der Waals surface area contributed by atoms with Crippen molar-refractivity contribution < 1.29 is 22.7 Å². The molecule has 0 aliphatic rings. The number of hydrogen-bond acceptors (Lipinski definition) is 6. The molecule has 0 unspecified atom stereocenters. The summed E-state index contributed by atoms with van der Waals surface area (Å²) in [5.74, 6) is 0.422. The molecule has 0 spiro atoms. The van der Waals surface area contributed by atoms with Crippen LogP contribution < -0.4 is 9.88 Å². The Morgan fingerprint density at radius 1 is 1.10 bits per heavy atom. The van der Waals surface area contributed by atoms with Crippen molar-refractivity contribution in [3.63, 3.8) is 0 Å². The van der Waals surface area contributed by atoms with Gasteiger partial charge >= 0.3 is 5.97 Å². The van der Waals surface area contributed by atoms with E-state index in [-0.39, 0.29) is 17.1 Å². The van der Waals surface area contributed by atoms with Crippen LogP contribution in [-0.2, 0) is 21.4 Å². The number of nitrogens with two attached hydrogens (primary N) is 1. The molecule has 0 saturated carbocycles. The molecule has 0 aliphatic heterocycles. The fraction of sp³-hybridized carbons (Fsp3) is 0.143. The number of nitrogens with zero attached hydrogens (tertiary/aromatic N) is 1. The summed E-state index contributed by atoms with van der Waals surface area (Å²) in [5, 5.41) is 5.25.